The number of ether oxygens (including phenoxy) is 2. The van der Waals surface area contributed by atoms with Crippen molar-refractivity contribution in [2.45, 2.75) is 25.9 Å². The smallest absolute Gasteiger partial charge is 0.287 e. The van der Waals surface area contributed by atoms with Crippen molar-refractivity contribution in [3.63, 3.8) is 0 Å². The lowest BCUT2D eigenvalue weighted by Crippen LogP contribution is -2.27. The highest BCUT2D eigenvalue weighted by Crippen LogP contribution is 2.41. The van der Waals surface area contributed by atoms with Gasteiger partial charge >= 0.3 is 0 Å². The molecule has 0 saturated heterocycles. The van der Waals surface area contributed by atoms with Gasteiger partial charge in [-0.25, -0.2) is 0 Å². The van der Waals surface area contributed by atoms with Crippen LogP contribution in [0.25, 0.3) is 6.08 Å². The lowest BCUT2D eigenvalue weighted by Gasteiger charge is -2.23. The minimum atomic E-state index is -0.525. The maximum atomic E-state index is 11.1. The van der Waals surface area contributed by atoms with Gasteiger partial charge in [0, 0.05) is 16.1 Å². The molecular formula is C13H14BrNO4. The summed E-state index contributed by atoms with van der Waals surface area (Å²) in [7, 11) is 1.55. The molecule has 102 valence electrons. The molecule has 0 aliphatic carbocycles. The van der Waals surface area contributed by atoms with Gasteiger partial charge in [0.15, 0.2) is 17.6 Å². The van der Waals surface area contributed by atoms with Crippen molar-refractivity contribution in [3.05, 3.63) is 38.0 Å². The number of halogens is 1. The molecule has 6 heteroatoms. The number of hydrogen-bond acceptors (Lipinski definition) is 4. The minimum Gasteiger partial charge on any atom is -0.493 e. The van der Waals surface area contributed by atoms with Crippen LogP contribution in [0.15, 0.2) is 22.3 Å². The molecule has 0 saturated carbocycles. The van der Waals surface area contributed by atoms with Crippen molar-refractivity contribution in [2.75, 3.05) is 7.11 Å². The summed E-state index contributed by atoms with van der Waals surface area (Å²) in [5.41, 5.74) is 0.750. The topological polar surface area (TPSA) is 61.6 Å². The number of nitro groups is 1. The lowest BCUT2D eigenvalue weighted by molar-refractivity contribution is -0.433. The van der Waals surface area contributed by atoms with E-state index in [9.17, 15) is 10.1 Å². The number of fused-ring (bicyclic) bond motifs is 1. The average Bonchev–Trinajstić information content (AvgIpc) is 2.37. The summed E-state index contributed by atoms with van der Waals surface area (Å²) < 4.78 is 11.8. The summed E-state index contributed by atoms with van der Waals surface area (Å²) >= 11 is 3.35. The van der Waals surface area contributed by atoms with Crippen molar-refractivity contribution in [2.24, 2.45) is 0 Å². The molecule has 1 aliphatic rings. The maximum absolute atomic E-state index is 11.1. The fraction of sp³-hybridized carbons (Fsp3) is 0.385. The van der Waals surface area contributed by atoms with Crippen LogP contribution in [0.3, 0.4) is 0 Å². The van der Waals surface area contributed by atoms with E-state index >= 15 is 0 Å². The Morgan fingerprint density at radius 3 is 2.84 bits per heavy atom. The largest absolute Gasteiger partial charge is 0.493 e. The Balaban J connectivity index is 2.52. The Bertz CT molecular complexity index is 542. The van der Waals surface area contributed by atoms with Crippen LogP contribution in [0.2, 0.25) is 0 Å². The zero-order chi connectivity index (χ0) is 14.0. The number of benzene rings is 1. The first-order valence-electron chi connectivity index (χ1n) is 5.97. The monoisotopic (exact) mass is 327 g/mol. The number of nitrogens with zero attached hydrogens (tertiary/aromatic N) is 1. The first-order chi connectivity index (χ1) is 9.06. The first kappa shape index (κ1) is 13.9. The highest BCUT2D eigenvalue weighted by Gasteiger charge is 2.32. The molecule has 0 amide bonds. The molecule has 2 rings (SSSR count). The Morgan fingerprint density at radius 1 is 1.53 bits per heavy atom. The third-order valence-corrected chi connectivity index (χ3v) is 3.38. The highest BCUT2D eigenvalue weighted by atomic mass is 79.9. The Hall–Kier alpha value is -1.56. The Kier molecular flexibility index (Phi) is 4.09. The molecule has 1 aromatic rings. The quantitative estimate of drug-likeness (QED) is 0.625. The summed E-state index contributed by atoms with van der Waals surface area (Å²) in [6.45, 7) is 1.97. The van der Waals surface area contributed by atoms with E-state index in [2.05, 4.69) is 15.9 Å². The molecule has 19 heavy (non-hydrogen) atoms. The summed E-state index contributed by atoms with van der Waals surface area (Å²) in [4.78, 5) is 10.7. The standard InChI is InChI=1S/C13H14BrNO4/c1-3-4-11-10(15(16)17)6-8-5-9(14)7-12(18-2)13(8)19-11/h5-7,11H,3-4H2,1-2H3. The van der Waals surface area contributed by atoms with E-state index in [1.807, 2.05) is 6.92 Å². The lowest BCUT2D eigenvalue weighted by atomic mass is 10.0. The number of rotatable bonds is 4. The molecule has 0 bridgehead atoms. The molecule has 0 aromatic heterocycles. The van der Waals surface area contributed by atoms with Crippen LogP contribution in [-0.2, 0) is 0 Å². The van der Waals surface area contributed by atoms with Crippen LogP contribution in [0.4, 0.5) is 0 Å². The average molecular weight is 328 g/mol. The number of hydrogen-bond donors (Lipinski definition) is 0. The SMILES string of the molecule is CCCC1Oc2c(cc(Br)cc2OC)C=C1[N+](=O)[O-]. The van der Waals surface area contributed by atoms with Gasteiger partial charge in [-0.15, -0.1) is 0 Å². The van der Waals surface area contributed by atoms with Gasteiger partial charge in [0.1, 0.15) is 0 Å². The summed E-state index contributed by atoms with van der Waals surface area (Å²) in [6, 6.07) is 3.57. The molecule has 1 aromatic carbocycles. The second-order valence-electron chi connectivity index (χ2n) is 4.25. The van der Waals surface area contributed by atoms with E-state index in [4.69, 9.17) is 9.47 Å². The van der Waals surface area contributed by atoms with Gasteiger partial charge in [-0.2, -0.15) is 0 Å². The molecule has 1 heterocycles. The highest BCUT2D eigenvalue weighted by molar-refractivity contribution is 9.10. The first-order valence-corrected chi connectivity index (χ1v) is 6.76. The zero-order valence-corrected chi connectivity index (χ0v) is 12.3. The predicted octanol–water partition coefficient (Wildman–Crippen LogP) is 3.64. The van der Waals surface area contributed by atoms with Crippen molar-refractivity contribution in [1.29, 1.82) is 0 Å². The van der Waals surface area contributed by atoms with Gasteiger partial charge < -0.3 is 9.47 Å². The van der Waals surface area contributed by atoms with Crippen molar-refractivity contribution < 1.29 is 14.4 Å². The van der Waals surface area contributed by atoms with Gasteiger partial charge in [0.2, 0.25) is 0 Å². The second-order valence-corrected chi connectivity index (χ2v) is 5.16. The van der Waals surface area contributed by atoms with Crippen molar-refractivity contribution in [3.8, 4) is 11.5 Å². The van der Waals surface area contributed by atoms with E-state index < -0.39 is 6.10 Å². The predicted molar refractivity (Wildman–Crippen MR) is 75.0 cm³/mol. The molecule has 0 radical (unpaired) electrons. The van der Waals surface area contributed by atoms with Gasteiger partial charge in [0.05, 0.1) is 12.0 Å². The third-order valence-electron chi connectivity index (χ3n) is 2.92. The van der Waals surface area contributed by atoms with Crippen LogP contribution in [-0.4, -0.2) is 18.1 Å². The molecule has 0 spiro atoms. The van der Waals surface area contributed by atoms with Crippen LogP contribution in [0, 0.1) is 10.1 Å². The second kappa shape index (κ2) is 5.61. The van der Waals surface area contributed by atoms with Crippen molar-refractivity contribution >= 4 is 22.0 Å². The fourth-order valence-corrected chi connectivity index (χ4v) is 2.52. The van der Waals surface area contributed by atoms with Crippen LogP contribution in [0.1, 0.15) is 25.3 Å². The Morgan fingerprint density at radius 2 is 2.26 bits per heavy atom. The maximum Gasteiger partial charge on any atom is 0.287 e. The van der Waals surface area contributed by atoms with Crippen LogP contribution < -0.4 is 9.47 Å². The zero-order valence-electron chi connectivity index (χ0n) is 10.7. The van der Waals surface area contributed by atoms with Crippen LogP contribution in [0.5, 0.6) is 11.5 Å². The van der Waals surface area contributed by atoms with E-state index in [0.29, 0.717) is 23.5 Å². The van der Waals surface area contributed by atoms with Gasteiger partial charge in [-0.1, -0.05) is 29.3 Å². The van der Waals surface area contributed by atoms with Crippen LogP contribution >= 0.6 is 15.9 Å². The molecule has 1 atom stereocenters. The van der Waals surface area contributed by atoms with E-state index in [0.717, 1.165) is 10.9 Å². The third kappa shape index (κ3) is 2.73. The Labute approximate surface area is 119 Å². The number of methoxy groups -OCH3 is 1. The molecule has 5 nitrogen and oxygen atoms in total. The molecule has 0 N–H and O–H groups in total. The van der Waals surface area contributed by atoms with Gasteiger partial charge in [-0.05, 0) is 18.6 Å². The van der Waals surface area contributed by atoms with E-state index in [1.54, 1.807) is 25.3 Å². The van der Waals surface area contributed by atoms with Gasteiger partial charge in [0.25, 0.3) is 5.70 Å². The summed E-state index contributed by atoms with van der Waals surface area (Å²) in [5, 5.41) is 11.1. The normalized spacial score (nSPS) is 17.2. The van der Waals surface area contributed by atoms with Crippen molar-refractivity contribution in [1.82, 2.24) is 0 Å². The van der Waals surface area contributed by atoms with E-state index in [1.165, 1.54) is 0 Å². The molecular weight excluding hydrogens is 314 g/mol. The molecule has 1 unspecified atom stereocenters. The fourth-order valence-electron chi connectivity index (χ4n) is 2.07. The van der Waals surface area contributed by atoms with E-state index in [-0.39, 0.29) is 10.6 Å². The minimum absolute atomic E-state index is 0.0921. The molecule has 1 aliphatic heterocycles. The summed E-state index contributed by atoms with van der Waals surface area (Å²) in [6.07, 6.45) is 2.45. The summed E-state index contributed by atoms with van der Waals surface area (Å²) in [5.74, 6) is 1.14. The molecule has 0 fully saturated rings. The van der Waals surface area contributed by atoms with Gasteiger partial charge in [-0.3, -0.25) is 10.1 Å².